The average Bonchev–Trinajstić information content (AvgIpc) is 1.91. The van der Waals surface area contributed by atoms with Crippen LogP contribution in [0.3, 0.4) is 0 Å². The molecule has 2 heteroatoms. The smallest absolute Gasteiger partial charge is 0.0445 e. The van der Waals surface area contributed by atoms with Gasteiger partial charge in [0.2, 0.25) is 0 Å². The minimum atomic E-state index is -0.871. The third kappa shape index (κ3) is 3.49. The molecule has 72 valence electrons. The second-order valence-electron chi connectivity index (χ2n) is 5.33. The lowest BCUT2D eigenvalue weighted by Gasteiger charge is -2.31. The molecular weight excluding hydrogens is 184 g/mol. The Hall–Kier alpha value is 0.507. The van der Waals surface area contributed by atoms with Crippen molar-refractivity contribution in [1.29, 1.82) is 0 Å². The normalized spacial score (nSPS) is 32.0. The van der Waals surface area contributed by atoms with Crippen molar-refractivity contribution in [1.82, 2.24) is 0 Å². The fourth-order valence-electron chi connectivity index (χ4n) is 2.18. The third-order valence-electron chi connectivity index (χ3n) is 2.69. The van der Waals surface area contributed by atoms with E-state index in [-0.39, 0.29) is 0 Å². The van der Waals surface area contributed by atoms with Crippen LogP contribution in [-0.2, 0) is 0 Å². The van der Waals surface area contributed by atoms with Gasteiger partial charge in [0.25, 0.3) is 0 Å². The highest BCUT2D eigenvalue weighted by Crippen LogP contribution is 2.34. The van der Waals surface area contributed by atoms with E-state index < -0.39 is 8.07 Å². The zero-order chi connectivity index (χ0) is 9.19. The monoisotopic (exact) mass is 204 g/mol. The summed E-state index contributed by atoms with van der Waals surface area (Å²) in [6.07, 6.45) is 5.42. The molecule has 12 heavy (non-hydrogen) atoms. The lowest BCUT2D eigenvalue weighted by molar-refractivity contribution is 0.389. The zero-order valence-corrected chi connectivity index (χ0v) is 10.3. The van der Waals surface area contributed by atoms with Gasteiger partial charge in [-0.3, -0.25) is 0 Å². The van der Waals surface area contributed by atoms with E-state index in [1.165, 1.54) is 31.7 Å². The molecule has 0 unspecified atom stereocenters. The Labute approximate surface area is 82.7 Å². The number of halogens is 1. The summed E-state index contributed by atoms with van der Waals surface area (Å²) in [5.41, 5.74) is 0. The van der Waals surface area contributed by atoms with Gasteiger partial charge in [-0.25, -0.2) is 0 Å². The summed E-state index contributed by atoms with van der Waals surface area (Å²) in [6, 6.07) is 1.43. The SMILES string of the molecule is C[Si](C)(C)C[C@H]1CCCC[C@@H]1Cl. The van der Waals surface area contributed by atoms with Crippen molar-refractivity contribution < 1.29 is 0 Å². The van der Waals surface area contributed by atoms with Gasteiger partial charge in [-0.1, -0.05) is 38.5 Å². The molecule has 1 aliphatic rings. The minimum Gasteiger partial charge on any atom is -0.123 e. The summed E-state index contributed by atoms with van der Waals surface area (Å²) in [5, 5.41) is 0.491. The first-order chi connectivity index (χ1) is 5.49. The molecule has 0 aromatic carbocycles. The van der Waals surface area contributed by atoms with Gasteiger partial charge in [0.15, 0.2) is 0 Å². The van der Waals surface area contributed by atoms with Gasteiger partial charge in [0.1, 0.15) is 0 Å². The van der Waals surface area contributed by atoms with E-state index in [2.05, 4.69) is 19.6 Å². The molecule has 0 saturated heterocycles. The standard InChI is InChI=1S/C10H21ClSi/c1-12(2,3)8-9-6-4-5-7-10(9)11/h9-10H,4-8H2,1-3H3/t9-,10+/m1/s1. The van der Waals surface area contributed by atoms with Gasteiger partial charge in [-0.05, 0) is 18.8 Å². The quantitative estimate of drug-likeness (QED) is 0.469. The molecule has 0 aliphatic heterocycles. The molecule has 0 bridgehead atoms. The van der Waals surface area contributed by atoms with Crippen LogP contribution in [0.15, 0.2) is 0 Å². The van der Waals surface area contributed by atoms with Gasteiger partial charge in [-0.15, -0.1) is 11.6 Å². The molecular formula is C10H21ClSi. The van der Waals surface area contributed by atoms with E-state index in [9.17, 15) is 0 Å². The molecule has 1 rings (SSSR count). The topological polar surface area (TPSA) is 0 Å². The van der Waals surface area contributed by atoms with Crippen LogP contribution in [0.5, 0.6) is 0 Å². The first-order valence-electron chi connectivity index (χ1n) is 5.13. The summed E-state index contributed by atoms with van der Waals surface area (Å²) in [7, 11) is -0.871. The van der Waals surface area contributed by atoms with Gasteiger partial charge in [0.05, 0.1) is 0 Å². The maximum absolute atomic E-state index is 6.31. The molecule has 1 aliphatic carbocycles. The number of hydrogen-bond donors (Lipinski definition) is 0. The van der Waals surface area contributed by atoms with Gasteiger partial charge < -0.3 is 0 Å². The molecule has 0 N–H and O–H groups in total. The highest BCUT2D eigenvalue weighted by atomic mass is 35.5. The highest BCUT2D eigenvalue weighted by Gasteiger charge is 2.27. The van der Waals surface area contributed by atoms with Crippen LogP contribution in [-0.4, -0.2) is 13.5 Å². The summed E-state index contributed by atoms with van der Waals surface area (Å²) >= 11 is 6.31. The van der Waals surface area contributed by atoms with E-state index >= 15 is 0 Å². The second-order valence-corrected chi connectivity index (χ2v) is 11.4. The Morgan fingerprint density at radius 2 is 1.75 bits per heavy atom. The first kappa shape index (κ1) is 10.6. The maximum atomic E-state index is 6.31. The van der Waals surface area contributed by atoms with Crippen molar-refractivity contribution in [2.45, 2.75) is 56.7 Å². The van der Waals surface area contributed by atoms with Crippen molar-refractivity contribution in [2.75, 3.05) is 0 Å². The van der Waals surface area contributed by atoms with Crippen LogP contribution in [0, 0.1) is 5.92 Å². The molecule has 0 heterocycles. The molecule has 2 atom stereocenters. The first-order valence-corrected chi connectivity index (χ1v) is 9.27. The van der Waals surface area contributed by atoms with E-state index in [1.807, 2.05) is 0 Å². The lowest BCUT2D eigenvalue weighted by atomic mass is 9.90. The van der Waals surface area contributed by atoms with E-state index in [0.29, 0.717) is 5.38 Å². The number of hydrogen-bond acceptors (Lipinski definition) is 0. The van der Waals surface area contributed by atoms with Crippen molar-refractivity contribution in [3.05, 3.63) is 0 Å². The summed E-state index contributed by atoms with van der Waals surface area (Å²) < 4.78 is 0. The molecule has 0 nitrogen and oxygen atoms in total. The molecule has 0 aromatic heterocycles. The Balaban J connectivity index is 2.39. The molecule has 1 fully saturated rings. The van der Waals surface area contributed by atoms with Crippen LogP contribution < -0.4 is 0 Å². The maximum Gasteiger partial charge on any atom is 0.0445 e. The summed E-state index contributed by atoms with van der Waals surface area (Å²) in [5.74, 6) is 0.840. The number of rotatable bonds is 2. The molecule has 0 aromatic rings. The van der Waals surface area contributed by atoms with E-state index in [0.717, 1.165) is 5.92 Å². The van der Waals surface area contributed by atoms with Crippen molar-refractivity contribution in [3.63, 3.8) is 0 Å². The van der Waals surface area contributed by atoms with Crippen LogP contribution >= 0.6 is 11.6 Å². The molecule has 0 amide bonds. The van der Waals surface area contributed by atoms with E-state index in [1.54, 1.807) is 0 Å². The Bertz CT molecular complexity index is 139. The summed E-state index contributed by atoms with van der Waals surface area (Å²) in [4.78, 5) is 0. The Morgan fingerprint density at radius 1 is 1.17 bits per heavy atom. The lowest BCUT2D eigenvalue weighted by Crippen LogP contribution is -2.30. The number of alkyl halides is 1. The van der Waals surface area contributed by atoms with Crippen LogP contribution in [0.1, 0.15) is 25.7 Å². The second kappa shape index (κ2) is 4.14. The average molecular weight is 205 g/mol. The fourth-order valence-corrected chi connectivity index (χ4v) is 4.76. The van der Waals surface area contributed by atoms with Crippen molar-refractivity contribution in [3.8, 4) is 0 Å². The van der Waals surface area contributed by atoms with Gasteiger partial charge in [0, 0.05) is 13.5 Å². The molecule has 1 saturated carbocycles. The van der Waals surface area contributed by atoms with Crippen LogP contribution in [0.25, 0.3) is 0 Å². The Morgan fingerprint density at radius 3 is 2.25 bits per heavy atom. The predicted octanol–water partition coefficient (Wildman–Crippen LogP) is 4.12. The molecule has 0 radical (unpaired) electrons. The largest absolute Gasteiger partial charge is 0.123 e. The van der Waals surface area contributed by atoms with Gasteiger partial charge >= 0.3 is 0 Å². The zero-order valence-electron chi connectivity index (χ0n) is 8.57. The fraction of sp³-hybridized carbons (Fsp3) is 1.00. The summed E-state index contributed by atoms with van der Waals surface area (Å²) in [6.45, 7) is 7.35. The van der Waals surface area contributed by atoms with Crippen molar-refractivity contribution in [2.24, 2.45) is 5.92 Å². The molecule has 0 spiro atoms. The minimum absolute atomic E-state index is 0.491. The third-order valence-corrected chi connectivity index (χ3v) is 5.01. The highest BCUT2D eigenvalue weighted by molar-refractivity contribution is 6.76. The predicted molar refractivity (Wildman–Crippen MR) is 59.8 cm³/mol. The van der Waals surface area contributed by atoms with Crippen LogP contribution in [0.2, 0.25) is 25.7 Å². The van der Waals surface area contributed by atoms with Crippen molar-refractivity contribution >= 4 is 19.7 Å². The van der Waals surface area contributed by atoms with E-state index in [4.69, 9.17) is 11.6 Å². The Kier molecular flexibility index (Phi) is 3.66. The van der Waals surface area contributed by atoms with Crippen LogP contribution in [0.4, 0.5) is 0 Å². The van der Waals surface area contributed by atoms with Gasteiger partial charge in [-0.2, -0.15) is 0 Å².